The molecule has 0 radical (unpaired) electrons. The average Bonchev–Trinajstić information content (AvgIpc) is 3.43. The van der Waals surface area contributed by atoms with Gasteiger partial charge in [-0.05, 0) is 38.6 Å². The van der Waals surface area contributed by atoms with E-state index in [0.29, 0.717) is 94.1 Å². The quantitative estimate of drug-likeness (QED) is 0.143. The molecule has 0 saturated heterocycles. The largest absolute Gasteiger partial charge is 0.497 e. The zero-order chi connectivity index (χ0) is 33.4. The van der Waals surface area contributed by atoms with Crippen LogP contribution in [0.25, 0.3) is 20.4 Å². The summed E-state index contributed by atoms with van der Waals surface area (Å²) >= 11 is 1.41. The predicted octanol–water partition coefficient (Wildman–Crippen LogP) is 4.05. The first-order valence-electron chi connectivity index (χ1n) is 15.8. The summed E-state index contributed by atoms with van der Waals surface area (Å²) < 4.78 is 41.1. The Kier molecular flexibility index (Phi) is 12.2. The molecular formula is C34H46N4O8S. The Morgan fingerprint density at radius 3 is 2.43 bits per heavy atom. The lowest BCUT2D eigenvalue weighted by Gasteiger charge is -2.33. The van der Waals surface area contributed by atoms with Gasteiger partial charge in [0.25, 0.3) is 5.56 Å². The molecule has 1 aromatic carbocycles. The minimum atomic E-state index is -0.318. The number of ether oxygens (including phenoxy) is 7. The van der Waals surface area contributed by atoms with E-state index in [1.807, 2.05) is 18.2 Å². The number of hydrogen-bond acceptors (Lipinski definition) is 12. The summed E-state index contributed by atoms with van der Waals surface area (Å²) in [6.07, 6.45) is 2.31. The smallest absolute Gasteiger partial charge is 0.271 e. The molecule has 0 atom stereocenters. The van der Waals surface area contributed by atoms with E-state index in [4.69, 9.17) is 43.1 Å². The lowest BCUT2D eigenvalue weighted by Crippen LogP contribution is -2.34. The summed E-state index contributed by atoms with van der Waals surface area (Å²) in [4.78, 5) is 26.9. The third-order valence-electron chi connectivity index (χ3n) is 8.15. The highest BCUT2D eigenvalue weighted by Crippen LogP contribution is 2.39. The number of benzene rings is 1. The van der Waals surface area contributed by atoms with Gasteiger partial charge in [-0.2, -0.15) is 0 Å². The average molecular weight is 671 g/mol. The van der Waals surface area contributed by atoms with Crippen molar-refractivity contribution in [2.45, 2.75) is 45.6 Å². The molecule has 0 amide bonds. The first-order chi connectivity index (χ1) is 22.7. The number of aromatic nitrogens is 3. The highest BCUT2D eigenvalue weighted by molar-refractivity contribution is 7.25. The maximum atomic E-state index is 13.9. The number of methoxy groups -OCH3 is 3. The van der Waals surface area contributed by atoms with Crippen LogP contribution in [0.2, 0.25) is 0 Å². The van der Waals surface area contributed by atoms with E-state index in [9.17, 15) is 4.79 Å². The van der Waals surface area contributed by atoms with Gasteiger partial charge < -0.3 is 33.2 Å². The molecule has 1 aliphatic heterocycles. The molecule has 3 aromatic heterocycles. The molecule has 4 heterocycles. The van der Waals surface area contributed by atoms with Gasteiger partial charge in [0.15, 0.2) is 0 Å². The molecule has 13 heteroatoms. The topological polar surface area (TPSA) is 116 Å². The van der Waals surface area contributed by atoms with Crippen LogP contribution >= 0.6 is 11.3 Å². The molecule has 256 valence electrons. The van der Waals surface area contributed by atoms with Crippen LogP contribution in [0.4, 0.5) is 0 Å². The molecule has 0 bridgehead atoms. The van der Waals surface area contributed by atoms with E-state index in [0.717, 1.165) is 39.1 Å². The van der Waals surface area contributed by atoms with Crippen molar-refractivity contribution >= 4 is 31.8 Å². The van der Waals surface area contributed by atoms with Crippen LogP contribution in [-0.4, -0.2) is 106 Å². The predicted molar refractivity (Wildman–Crippen MR) is 181 cm³/mol. The number of fused-ring (bicyclic) bond motifs is 4. The Balaban J connectivity index is 1.33. The number of likely N-dealkylation sites (N-methyl/N-ethyl adjacent to an activating group) is 1. The van der Waals surface area contributed by atoms with Crippen LogP contribution in [0.5, 0.6) is 11.5 Å². The van der Waals surface area contributed by atoms with Gasteiger partial charge in [-0.15, -0.1) is 11.3 Å². The van der Waals surface area contributed by atoms with Gasteiger partial charge in [-0.25, -0.2) is 9.97 Å². The Hall–Kier alpha value is -3.17. The minimum Gasteiger partial charge on any atom is -0.497 e. The number of thiophene rings is 1. The Bertz CT molecular complexity index is 1710. The van der Waals surface area contributed by atoms with Crippen molar-refractivity contribution in [3.05, 3.63) is 57.3 Å². The van der Waals surface area contributed by atoms with E-state index >= 15 is 0 Å². The molecule has 12 nitrogen and oxygen atoms in total. The van der Waals surface area contributed by atoms with Crippen molar-refractivity contribution in [2.24, 2.45) is 0 Å². The van der Waals surface area contributed by atoms with Crippen molar-refractivity contribution < 1.29 is 33.2 Å². The van der Waals surface area contributed by atoms with Crippen LogP contribution in [-0.2, 0) is 49.8 Å². The molecule has 0 spiro atoms. The summed E-state index contributed by atoms with van der Waals surface area (Å²) in [6, 6.07) is 5.58. The third-order valence-corrected chi connectivity index (χ3v) is 9.21. The second kappa shape index (κ2) is 16.3. The van der Waals surface area contributed by atoms with Gasteiger partial charge in [-0.1, -0.05) is 0 Å². The SMILES string of the molecule is COCCOCCOCCOCCN(C)Cc1c2c(nc3sc4c(=O)n(Cc5ccc(OC)cc5OC)cnc4c13)CC(C)(C)OC2. The van der Waals surface area contributed by atoms with E-state index in [-0.39, 0.29) is 11.2 Å². The van der Waals surface area contributed by atoms with E-state index in [2.05, 4.69) is 25.8 Å². The van der Waals surface area contributed by atoms with Crippen LogP contribution in [0.3, 0.4) is 0 Å². The normalized spacial score (nSPS) is 14.3. The number of rotatable bonds is 18. The van der Waals surface area contributed by atoms with Crippen LogP contribution in [0.15, 0.2) is 29.3 Å². The molecule has 4 aromatic rings. The first-order valence-corrected chi connectivity index (χ1v) is 16.6. The zero-order valence-corrected chi connectivity index (χ0v) is 29.1. The van der Waals surface area contributed by atoms with Crippen molar-refractivity contribution in [1.82, 2.24) is 19.4 Å². The molecule has 0 N–H and O–H groups in total. The highest BCUT2D eigenvalue weighted by Gasteiger charge is 2.31. The molecule has 0 unspecified atom stereocenters. The van der Waals surface area contributed by atoms with Crippen LogP contribution < -0.4 is 15.0 Å². The standard InChI is InChI=1S/C34H46N4O8S/c1-34(2)18-27-26(21-46-34)25(20-37(3)9-10-43-13-14-45-16-15-44-12-11-40-4)29-30-31(47-32(29)36-27)33(39)38(22-35-30)19-23-7-8-24(41-5)17-28(23)42-6/h7-8,17,22H,9-16,18-21H2,1-6H3. The fourth-order valence-electron chi connectivity index (χ4n) is 5.60. The fourth-order valence-corrected chi connectivity index (χ4v) is 6.73. The minimum absolute atomic E-state index is 0.109. The van der Waals surface area contributed by atoms with E-state index in [1.54, 1.807) is 32.2 Å². The second-order valence-electron chi connectivity index (χ2n) is 12.1. The maximum Gasteiger partial charge on any atom is 0.271 e. The van der Waals surface area contributed by atoms with Crippen LogP contribution in [0.1, 0.15) is 36.2 Å². The van der Waals surface area contributed by atoms with Crippen molar-refractivity contribution in [1.29, 1.82) is 0 Å². The lowest BCUT2D eigenvalue weighted by atomic mass is 9.92. The summed E-state index contributed by atoms with van der Waals surface area (Å²) in [5.41, 5.74) is 4.31. The number of nitrogens with zero attached hydrogens (tertiary/aromatic N) is 4. The van der Waals surface area contributed by atoms with Gasteiger partial charge >= 0.3 is 0 Å². The molecule has 0 aliphatic carbocycles. The number of pyridine rings is 1. The summed E-state index contributed by atoms with van der Waals surface area (Å²) in [7, 11) is 6.94. The molecule has 5 rings (SSSR count). The van der Waals surface area contributed by atoms with Crippen molar-refractivity contribution in [2.75, 3.05) is 81.2 Å². The third kappa shape index (κ3) is 8.65. The van der Waals surface area contributed by atoms with Gasteiger partial charge in [-0.3, -0.25) is 14.3 Å². The van der Waals surface area contributed by atoms with E-state index < -0.39 is 0 Å². The number of hydrogen-bond donors (Lipinski definition) is 0. The first kappa shape index (κ1) is 35.1. The van der Waals surface area contributed by atoms with E-state index in [1.165, 1.54) is 11.3 Å². The summed E-state index contributed by atoms with van der Waals surface area (Å²) in [5, 5.41) is 0.923. The lowest BCUT2D eigenvalue weighted by molar-refractivity contribution is -0.0417. The zero-order valence-electron chi connectivity index (χ0n) is 28.3. The Morgan fingerprint density at radius 2 is 1.72 bits per heavy atom. The van der Waals surface area contributed by atoms with Crippen molar-refractivity contribution in [3.8, 4) is 11.5 Å². The Labute approximate surface area is 279 Å². The summed E-state index contributed by atoms with van der Waals surface area (Å²) in [6.45, 7) is 10.1. The molecule has 0 fully saturated rings. The molecular weight excluding hydrogens is 624 g/mol. The maximum absolute atomic E-state index is 13.9. The van der Waals surface area contributed by atoms with Gasteiger partial charge in [0, 0.05) is 49.2 Å². The molecule has 1 aliphatic rings. The van der Waals surface area contributed by atoms with Gasteiger partial charge in [0.1, 0.15) is 21.0 Å². The summed E-state index contributed by atoms with van der Waals surface area (Å²) in [5.74, 6) is 1.33. The van der Waals surface area contributed by atoms with Crippen LogP contribution in [0, 0.1) is 0 Å². The van der Waals surface area contributed by atoms with Crippen molar-refractivity contribution in [3.63, 3.8) is 0 Å². The molecule has 47 heavy (non-hydrogen) atoms. The second-order valence-corrected chi connectivity index (χ2v) is 13.1. The highest BCUT2D eigenvalue weighted by atomic mass is 32.1. The van der Waals surface area contributed by atoms with Gasteiger partial charge in [0.2, 0.25) is 0 Å². The molecule has 0 saturated carbocycles. The Morgan fingerprint density at radius 1 is 1.00 bits per heavy atom. The monoisotopic (exact) mass is 670 g/mol. The fraction of sp³-hybridized carbons (Fsp3) is 0.559. The van der Waals surface area contributed by atoms with Gasteiger partial charge in [0.05, 0.1) is 96.8 Å².